The second kappa shape index (κ2) is 7.64. The maximum Gasteiger partial charge on any atom is 0.340 e. The summed E-state index contributed by atoms with van der Waals surface area (Å²) in [6.45, 7) is 3.49. The topological polar surface area (TPSA) is 106 Å². The highest BCUT2D eigenvalue weighted by molar-refractivity contribution is 5.93. The fourth-order valence-corrected chi connectivity index (χ4v) is 3.57. The number of aromatic amines is 1. The van der Waals surface area contributed by atoms with Gasteiger partial charge in [0.05, 0.1) is 39.9 Å². The average Bonchev–Trinajstić information content (AvgIpc) is 3.45. The van der Waals surface area contributed by atoms with Crippen LogP contribution in [0.2, 0.25) is 0 Å². The Labute approximate surface area is 172 Å². The molecule has 5 heterocycles. The molecule has 5 rings (SSSR count). The molecule has 0 saturated carbocycles. The molecule has 1 fully saturated rings. The van der Waals surface area contributed by atoms with E-state index in [1.54, 1.807) is 12.3 Å². The third-order valence-corrected chi connectivity index (χ3v) is 5.12. The number of carbonyl (C=O) groups is 1. The summed E-state index contributed by atoms with van der Waals surface area (Å²) < 4.78 is 5.54. The highest BCUT2D eigenvalue weighted by Gasteiger charge is 2.20. The minimum Gasteiger partial charge on any atom is -0.457 e. The van der Waals surface area contributed by atoms with Crippen LogP contribution in [0.3, 0.4) is 0 Å². The van der Waals surface area contributed by atoms with Gasteiger partial charge in [0.15, 0.2) is 0 Å². The first-order chi connectivity index (χ1) is 14.7. The maximum atomic E-state index is 12.5. The van der Waals surface area contributed by atoms with E-state index in [0.717, 1.165) is 41.3 Å². The summed E-state index contributed by atoms with van der Waals surface area (Å²) in [5.74, 6) is -0.377. The number of H-pyrrole nitrogens is 1. The van der Waals surface area contributed by atoms with Crippen molar-refractivity contribution in [3.63, 3.8) is 0 Å². The Hall–Kier alpha value is -3.65. The Morgan fingerprint density at radius 2 is 2.03 bits per heavy atom. The van der Waals surface area contributed by atoms with E-state index in [2.05, 4.69) is 25.5 Å². The van der Waals surface area contributed by atoms with Gasteiger partial charge >= 0.3 is 5.97 Å². The fourth-order valence-electron chi connectivity index (χ4n) is 3.57. The van der Waals surface area contributed by atoms with Gasteiger partial charge in [0.25, 0.3) is 0 Å². The standard InChI is InChI=1S/C22H20N6O2/c1-13-3-2-4-19(26-13)21-16(12-25-28-21)17-5-6-18-20(27-17)9-14(10-24-18)22(29)30-15-7-8-23-11-15/h2-6,9-10,12,15,23H,7-8,11H2,1H3,(H,25,28)/t15-/m0/s1. The second-order valence-electron chi connectivity index (χ2n) is 7.30. The van der Waals surface area contributed by atoms with Crippen molar-refractivity contribution in [2.45, 2.75) is 19.4 Å². The van der Waals surface area contributed by atoms with Gasteiger partial charge in [-0.3, -0.25) is 15.1 Å². The molecule has 0 radical (unpaired) electrons. The van der Waals surface area contributed by atoms with E-state index in [9.17, 15) is 4.79 Å². The minimum atomic E-state index is -0.377. The number of carbonyl (C=O) groups excluding carboxylic acids is 1. The van der Waals surface area contributed by atoms with Crippen LogP contribution in [-0.4, -0.2) is 50.3 Å². The molecule has 30 heavy (non-hydrogen) atoms. The Morgan fingerprint density at radius 3 is 2.87 bits per heavy atom. The Morgan fingerprint density at radius 1 is 1.10 bits per heavy atom. The largest absolute Gasteiger partial charge is 0.457 e. The van der Waals surface area contributed by atoms with Crippen molar-refractivity contribution in [1.82, 2.24) is 30.5 Å². The summed E-state index contributed by atoms with van der Waals surface area (Å²) in [7, 11) is 0. The van der Waals surface area contributed by atoms with E-state index in [1.165, 1.54) is 6.20 Å². The van der Waals surface area contributed by atoms with E-state index in [0.29, 0.717) is 23.1 Å². The van der Waals surface area contributed by atoms with Gasteiger partial charge in [-0.2, -0.15) is 5.10 Å². The molecule has 0 aliphatic carbocycles. The zero-order valence-electron chi connectivity index (χ0n) is 16.4. The highest BCUT2D eigenvalue weighted by Crippen LogP contribution is 2.29. The lowest BCUT2D eigenvalue weighted by Gasteiger charge is -2.11. The first kappa shape index (κ1) is 18.4. The van der Waals surface area contributed by atoms with Crippen LogP contribution in [0, 0.1) is 6.92 Å². The van der Waals surface area contributed by atoms with E-state index in [1.807, 2.05) is 37.3 Å². The van der Waals surface area contributed by atoms with E-state index in [-0.39, 0.29) is 12.1 Å². The smallest absolute Gasteiger partial charge is 0.340 e. The molecule has 2 N–H and O–H groups in total. The first-order valence-corrected chi connectivity index (χ1v) is 9.83. The highest BCUT2D eigenvalue weighted by atomic mass is 16.5. The number of nitrogens with zero attached hydrogens (tertiary/aromatic N) is 4. The summed E-state index contributed by atoms with van der Waals surface area (Å²) in [5.41, 5.74) is 5.79. The lowest BCUT2D eigenvalue weighted by atomic mass is 10.1. The molecule has 8 heteroatoms. The van der Waals surface area contributed by atoms with Gasteiger partial charge in [-0.25, -0.2) is 9.78 Å². The monoisotopic (exact) mass is 400 g/mol. The van der Waals surface area contributed by atoms with E-state index < -0.39 is 0 Å². The van der Waals surface area contributed by atoms with Crippen molar-refractivity contribution in [3.8, 4) is 22.6 Å². The van der Waals surface area contributed by atoms with Crippen molar-refractivity contribution < 1.29 is 9.53 Å². The zero-order valence-corrected chi connectivity index (χ0v) is 16.4. The van der Waals surface area contributed by atoms with Crippen LogP contribution in [-0.2, 0) is 4.74 Å². The molecule has 0 bridgehead atoms. The number of esters is 1. The predicted molar refractivity (Wildman–Crippen MR) is 112 cm³/mol. The SMILES string of the molecule is Cc1cccc(-c2[nH]ncc2-c2ccc3ncc(C(=O)O[C@H]4CCNC4)cc3n2)n1. The third kappa shape index (κ3) is 3.53. The molecule has 1 saturated heterocycles. The van der Waals surface area contributed by atoms with Gasteiger partial charge in [-0.05, 0) is 50.2 Å². The fraction of sp³-hybridized carbons (Fsp3) is 0.227. The van der Waals surface area contributed by atoms with Gasteiger partial charge in [0.1, 0.15) is 6.10 Å². The quantitative estimate of drug-likeness (QED) is 0.507. The van der Waals surface area contributed by atoms with Crippen molar-refractivity contribution in [2.24, 2.45) is 0 Å². The molecule has 4 aromatic heterocycles. The van der Waals surface area contributed by atoms with Gasteiger partial charge in [0, 0.05) is 24.0 Å². The number of pyridine rings is 3. The molecular weight excluding hydrogens is 380 g/mol. The molecule has 0 unspecified atom stereocenters. The summed E-state index contributed by atoms with van der Waals surface area (Å²) in [6.07, 6.45) is 3.99. The lowest BCUT2D eigenvalue weighted by molar-refractivity contribution is 0.0344. The van der Waals surface area contributed by atoms with E-state index >= 15 is 0 Å². The molecular formula is C22H20N6O2. The molecule has 1 aliphatic heterocycles. The van der Waals surface area contributed by atoms with Gasteiger partial charge < -0.3 is 10.1 Å². The number of aromatic nitrogens is 5. The molecule has 1 aliphatic rings. The van der Waals surface area contributed by atoms with Gasteiger partial charge in [0.2, 0.25) is 0 Å². The summed E-state index contributed by atoms with van der Waals surface area (Å²) in [5, 5.41) is 10.4. The van der Waals surface area contributed by atoms with Gasteiger partial charge in [-0.1, -0.05) is 6.07 Å². The summed E-state index contributed by atoms with van der Waals surface area (Å²) in [4.78, 5) is 26.2. The van der Waals surface area contributed by atoms with Crippen LogP contribution in [0.25, 0.3) is 33.7 Å². The maximum absolute atomic E-state index is 12.5. The van der Waals surface area contributed by atoms with E-state index in [4.69, 9.17) is 9.72 Å². The molecule has 4 aromatic rings. The predicted octanol–water partition coefficient (Wildman–Crippen LogP) is 2.91. The van der Waals surface area contributed by atoms with Crippen LogP contribution in [0.4, 0.5) is 0 Å². The van der Waals surface area contributed by atoms with Crippen LogP contribution >= 0.6 is 0 Å². The number of rotatable bonds is 4. The number of fused-ring (bicyclic) bond motifs is 1. The van der Waals surface area contributed by atoms with Crippen LogP contribution < -0.4 is 5.32 Å². The third-order valence-electron chi connectivity index (χ3n) is 5.12. The van der Waals surface area contributed by atoms with Crippen molar-refractivity contribution >= 4 is 17.0 Å². The lowest BCUT2D eigenvalue weighted by Crippen LogP contribution is -2.20. The Balaban J connectivity index is 1.49. The molecule has 0 amide bonds. The van der Waals surface area contributed by atoms with Gasteiger partial charge in [-0.15, -0.1) is 0 Å². The van der Waals surface area contributed by atoms with Crippen molar-refractivity contribution in [3.05, 3.63) is 60.0 Å². The number of nitrogens with one attached hydrogen (secondary N) is 2. The number of hydrogen-bond acceptors (Lipinski definition) is 7. The number of ether oxygens (including phenoxy) is 1. The molecule has 0 aromatic carbocycles. The molecule has 1 atom stereocenters. The normalized spacial score (nSPS) is 16.1. The first-order valence-electron chi connectivity index (χ1n) is 9.83. The Kier molecular flexibility index (Phi) is 4.68. The minimum absolute atomic E-state index is 0.0946. The van der Waals surface area contributed by atoms with Crippen LogP contribution in [0.1, 0.15) is 22.5 Å². The zero-order chi connectivity index (χ0) is 20.5. The van der Waals surface area contributed by atoms with Crippen LogP contribution in [0.15, 0.2) is 48.8 Å². The number of aryl methyl sites for hydroxylation is 1. The molecule has 0 spiro atoms. The van der Waals surface area contributed by atoms with Crippen LogP contribution in [0.5, 0.6) is 0 Å². The molecule has 8 nitrogen and oxygen atoms in total. The Bertz CT molecular complexity index is 1230. The summed E-state index contributed by atoms with van der Waals surface area (Å²) >= 11 is 0. The van der Waals surface area contributed by atoms with Crippen molar-refractivity contribution in [2.75, 3.05) is 13.1 Å². The summed E-state index contributed by atoms with van der Waals surface area (Å²) in [6, 6.07) is 11.3. The second-order valence-corrected chi connectivity index (χ2v) is 7.30. The van der Waals surface area contributed by atoms with Crippen molar-refractivity contribution in [1.29, 1.82) is 0 Å². The number of hydrogen-bond donors (Lipinski definition) is 2. The average molecular weight is 400 g/mol. The molecule has 150 valence electrons.